The van der Waals surface area contributed by atoms with Crippen molar-refractivity contribution in [1.29, 1.82) is 0 Å². The van der Waals surface area contributed by atoms with Gasteiger partial charge in [0.25, 0.3) is 0 Å². The van der Waals surface area contributed by atoms with Gasteiger partial charge in [-0.25, -0.2) is 12.7 Å². The van der Waals surface area contributed by atoms with E-state index in [1.165, 1.54) is 4.31 Å². The summed E-state index contributed by atoms with van der Waals surface area (Å²) in [5.74, 6) is 0.270. The second kappa shape index (κ2) is 5.48. The van der Waals surface area contributed by atoms with Crippen molar-refractivity contribution in [3.8, 4) is 0 Å². The van der Waals surface area contributed by atoms with Gasteiger partial charge in [-0.1, -0.05) is 0 Å². The molecule has 106 valence electrons. The highest BCUT2D eigenvalue weighted by molar-refractivity contribution is 7.89. The van der Waals surface area contributed by atoms with Crippen molar-refractivity contribution in [1.82, 2.24) is 4.31 Å². The summed E-state index contributed by atoms with van der Waals surface area (Å²) >= 11 is 0. The van der Waals surface area contributed by atoms with Crippen LogP contribution in [0.2, 0.25) is 0 Å². The van der Waals surface area contributed by atoms with Gasteiger partial charge < -0.3 is 10.4 Å². The first-order valence-corrected chi connectivity index (χ1v) is 7.79. The molecule has 2 rings (SSSR count). The second-order valence-electron chi connectivity index (χ2n) is 5.05. The zero-order valence-electron chi connectivity index (χ0n) is 11.2. The Morgan fingerprint density at radius 1 is 1.32 bits per heavy atom. The molecule has 0 aromatic heterocycles. The smallest absolute Gasteiger partial charge is 0.242 e. The molecule has 0 unspecified atom stereocenters. The minimum atomic E-state index is -3.43. The molecule has 0 bridgehead atoms. The number of anilines is 1. The van der Waals surface area contributed by atoms with Crippen molar-refractivity contribution < 1.29 is 13.5 Å². The van der Waals surface area contributed by atoms with Gasteiger partial charge in [-0.15, -0.1) is 0 Å². The van der Waals surface area contributed by atoms with Gasteiger partial charge >= 0.3 is 0 Å². The lowest BCUT2D eigenvalue weighted by molar-refractivity contribution is 0.0367. The van der Waals surface area contributed by atoms with E-state index in [9.17, 15) is 13.5 Å². The van der Waals surface area contributed by atoms with Crippen LogP contribution in [0.1, 0.15) is 12.8 Å². The number of hydrogen-bond donors (Lipinski definition) is 2. The van der Waals surface area contributed by atoms with E-state index in [1.54, 1.807) is 38.4 Å². The second-order valence-corrected chi connectivity index (χ2v) is 7.10. The van der Waals surface area contributed by atoms with Crippen molar-refractivity contribution >= 4 is 15.7 Å². The lowest BCUT2D eigenvalue weighted by atomic mass is 9.82. The van der Waals surface area contributed by atoms with Gasteiger partial charge in [-0.2, -0.15) is 0 Å². The van der Waals surface area contributed by atoms with Crippen LogP contribution in [0.15, 0.2) is 29.2 Å². The number of nitrogens with one attached hydrogen (secondary N) is 1. The topological polar surface area (TPSA) is 69.6 Å². The Morgan fingerprint density at radius 2 is 1.89 bits per heavy atom. The van der Waals surface area contributed by atoms with E-state index >= 15 is 0 Å². The summed E-state index contributed by atoms with van der Waals surface area (Å²) in [5.41, 5.74) is 0.878. The van der Waals surface area contributed by atoms with Gasteiger partial charge in [-0.3, -0.25) is 0 Å². The van der Waals surface area contributed by atoms with Gasteiger partial charge in [0.05, 0.1) is 11.0 Å². The first-order valence-electron chi connectivity index (χ1n) is 6.35. The predicted molar refractivity (Wildman–Crippen MR) is 74.5 cm³/mol. The van der Waals surface area contributed by atoms with E-state index in [2.05, 4.69) is 5.32 Å². The summed E-state index contributed by atoms with van der Waals surface area (Å²) in [6.45, 7) is 0.465. The van der Waals surface area contributed by atoms with Gasteiger partial charge in [0.15, 0.2) is 0 Å². The first kappa shape index (κ1) is 14.3. The number of nitrogens with zero attached hydrogens (tertiary/aromatic N) is 1. The molecule has 0 radical (unpaired) electrons. The fraction of sp³-hybridized carbons (Fsp3) is 0.538. The SMILES string of the molecule is CNc1ccc(S(=O)(=O)N(C)CC2CC(O)C2)cc1. The first-order chi connectivity index (χ1) is 8.93. The molecular weight excluding hydrogens is 264 g/mol. The van der Waals surface area contributed by atoms with Crippen LogP contribution in [0.4, 0.5) is 5.69 Å². The van der Waals surface area contributed by atoms with Crippen molar-refractivity contribution in [3.05, 3.63) is 24.3 Å². The normalized spacial score (nSPS) is 23.2. The molecule has 1 fully saturated rings. The highest BCUT2D eigenvalue weighted by Gasteiger charge is 2.31. The lowest BCUT2D eigenvalue weighted by Gasteiger charge is -2.34. The predicted octanol–water partition coefficient (Wildman–Crippen LogP) is 1.12. The third kappa shape index (κ3) is 3.08. The molecule has 0 atom stereocenters. The molecule has 0 heterocycles. The minimum Gasteiger partial charge on any atom is -0.393 e. The third-order valence-electron chi connectivity index (χ3n) is 3.58. The van der Waals surface area contributed by atoms with Crippen LogP contribution < -0.4 is 5.32 Å². The van der Waals surface area contributed by atoms with Crippen molar-refractivity contribution in [2.75, 3.05) is 26.0 Å². The summed E-state index contributed by atoms with van der Waals surface area (Å²) in [6, 6.07) is 6.70. The molecule has 2 N–H and O–H groups in total. The van der Waals surface area contributed by atoms with Crippen molar-refractivity contribution in [2.45, 2.75) is 23.8 Å². The van der Waals surface area contributed by atoms with Gasteiger partial charge in [0.1, 0.15) is 0 Å². The molecule has 1 aliphatic carbocycles. The zero-order valence-corrected chi connectivity index (χ0v) is 12.0. The van der Waals surface area contributed by atoms with Crippen LogP contribution in [0, 0.1) is 5.92 Å². The quantitative estimate of drug-likeness (QED) is 0.850. The number of rotatable bonds is 5. The molecule has 0 spiro atoms. The van der Waals surface area contributed by atoms with E-state index in [0.29, 0.717) is 24.3 Å². The van der Waals surface area contributed by atoms with E-state index in [1.807, 2.05) is 0 Å². The van der Waals surface area contributed by atoms with E-state index in [0.717, 1.165) is 5.69 Å². The van der Waals surface area contributed by atoms with E-state index in [4.69, 9.17) is 0 Å². The number of hydrogen-bond acceptors (Lipinski definition) is 4. The fourth-order valence-electron chi connectivity index (χ4n) is 2.28. The number of aliphatic hydroxyl groups is 1. The van der Waals surface area contributed by atoms with Crippen LogP contribution in [0.25, 0.3) is 0 Å². The number of aliphatic hydroxyl groups excluding tert-OH is 1. The Labute approximate surface area is 114 Å². The molecule has 1 aromatic rings. The molecule has 1 aromatic carbocycles. The monoisotopic (exact) mass is 284 g/mol. The summed E-state index contributed by atoms with van der Waals surface area (Å²) in [4.78, 5) is 0.300. The highest BCUT2D eigenvalue weighted by atomic mass is 32.2. The Kier molecular flexibility index (Phi) is 4.13. The number of sulfonamides is 1. The Morgan fingerprint density at radius 3 is 2.37 bits per heavy atom. The summed E-state index contributed by atoms with van der Waals surface area (Å²) in [5, 5.41) is 12.2. The standard InChI is InChI=1S/C13H20N2O3S/c1-14-11-3-5-13(6-4-11)19(17,18)15(2)9-10-7-12(16)8-10/h3-6,10,12,14,16H,7-9H2,1-2H3. The minimum absolute atomic E-state index is 0.254. The maximum absolute atomic E-state index is 12.3. The van der Waals surface area contributed by atoms with Gasteiger partial charge in [-0.05, 0) is 43.0 Å². The molecule has 19 heavy (non-hydrogen) atoms. The molecular formula is C13H20N2O3S. The molecule has 0 saturated heterocycles. The van der Waals surface area contributed by atoms with Crippen LogP contribution in [-0.4, -0.2) is 44.6 Å². The average Bonchev–Trinajstić information content (AvgIpc) is 2.36. The third-order valence-corrected chi connectivity index (χ3v) is 5.41. The molecule has 1 aliphatic rings. The molecule has 0 aliphatic heterocycles. The van der Waals surface area contributed by atoms with Crippen molar-refractivity contribution in [3.63, 3.8) is 0 Å². The van der Waals surface area contributed by atoms with E-state index < -0.39 is 10.0 Å². The Balaban J connectivity index is 2.07. The van der Waals surface area contributed by atoms with Gasteiger partial charge in [0, 0.05) is 26.3 Å². The Hall–Kier alpha value is -1.11. The average molecular weight is 284 g/mol. The van der Waals surface area contributed by atoms with Crippen LogP contribution in [0.3, 0.4) is 0 Å². The van der Waals surface area contributed by atoms with Gasteiger partial charge in [0.2, 0.25) is 10.0 Å². The summed E-state index contributed by atoms with van der Waals surface area (Å²) in [6.07, 6.45) is 1.13. The Bertz CT molecular complexity index is 521. The highest BCUT2D eigenvalue weighted by Crippen LogP contribution is 2.29. The molecule has 0 amide bonds. The lowest BCUT2D eigenvalue weighted by Crippen LogP contribution is -2.39. The zero-order chi connectivity index (χ0) is 14.0. The maximum atomic E-state index is 12.3. The molecule has 5 nitrogen and oxygen atoms in total. The van der Waals surface area contributed by atoms with Crippen LogP contribution >= 0.6 is 0 Å². The molecule has 1 saturated carbocycles. The number of benzene rings is 1. The van der Waals surface area contributed by atoms with Crippen LogP contribution in [-0.2, 0) is 10.0 Å². The van der Waals surface area contributed by atoms with Crippen LogP contribution in [0.5, 0.6) is 0 Å². The summed E-state index contributed by atoms with van der Waals surface area (Å²) in [7, 11) is -0.0503. The largest absolute Gasteiger partial charge is 0.393 e. The van der Waals surface area contributed by atoms with Crippen molar-refractivity contribution in [2.24, 2.45) is 5.92 Å². The molecule has 6 heteroatoms. The maximum Gasteiger partial charge on any atom is 0.242 e. The summed E-state index contributed by atoms with van der Waals surface area (Å²) < 4.78 is 26.0. The van der Waals surface area contributed by atoms with E-state index in [-0.39, 0.29) is 12.0 Å². The fourth-order valence-corrected chi connectivity index (χ4v) is 3.53.